The summed E-state index contributed by atoms with van der Waals surface area (Å²) in [6.07, 6.45) is 0. The van der Waals surface area contributed by atoms with Crippen molar-refractivity contribution in [3.63, 3.8) is 0 Å². The largest absolute Gasteiger partial charge is 0.492 e. The summed E-state index contributed by atoms with van der Waals surface area (Å²) in [5.41, 5.74) is 1.61. The average Bonchev–Trinajstić information content (AvgIpc) is 3.07. The van der Waals surface area contributed by atoms with E-state index in [0.717, 1.165) is 16.1 Å². The van der Waals surface area contributed by atoms with Crippen molar-refractivity contribution in [1.82, 2.24) is 25.5 Å². The second-order valence-corrected chi connectivity index (χ2v) is 5.67. The fraction of sp³-hybridized carbons (Fsp3) is 0.222. The van der Waals surface area contributed by atoms with E-state index in [1.54, 1.807) is 12.1 Å². The Morgan fingerprint density at radius 1 is 1.23 bits per heavy atom. The summed E-state index contributed by atoms with van der Waals surface area (Å²) in [7, 11) is 0. The molecule has 0 aliphatic heterocycles. The quantitative estimate of drug-likeness (QED) is 0.656. The number of nitrogens with zero attached hydrogens (tertiary/aromatic N) is 4. The summed E-state index contributed by atoms with van der Waals surface area (Å²) < 4.78 is 18.8. The number of aromatic nitrogens is 4. The summed E-state index contributed by atoms with van der Waals surface area (Å²) in [5, 5.41) is 14.4. The van der Waals surface area contributed by atoms with Crippen LogP contribution in [0.2, 0.25) is 0 Å². The molecular weight excluding hydrogens is 337 g/mol. The summed E-state index contributed by atoms with van der Waals surface area (Å²) in [5.74, 6) is 0.378. The summed E-state index contributed by atoms with van der Waals surface area (Å²) in [4.78, 5) is 13.1. The number of aryl methyl sites for hydroxylation is 1. The Hall–Kier alpha value is -3.29. The van der Waals surface area contributed by atoms with Gasteiger partial charge in [-0.3, -0.25) is 4.79 Å². The van der Waals surface area contributed by atoms with Crippen LogP contribution in [0.15, 0.2) is 48.5 Å². The van der Waals surface area contributed by atoms with Gasteiger partial charge in [0, 0.05) is 5.56 Å². The number of ether oxygens (including phenoxy) is 1. The van der Waals surface area contributed by atoms with E-state index >= 15 is 0 Å². The molecule has 134 valence electrons. The van der Waals surface area contributed by atoms with E-state index < -0.39 is 0 Å². The number of hydrogen-bond acceptors (Lipinski definition) is 5. The van der Waals surface area contributed by atoms with Crippen LogP contribution in [-0.2, 0) is 11.3 Å². The summed E-state index contributed by atoms with van der Waals surface area (Å²) in [6, 6.07) is 13.6. The van der Waals surface area contributed by atoms with E-state index in [9.17, 15) is 9.18 Å². The maximum atomic E-state index is 13.2. The first-order valence-corrected chi connectivity index (χ1v) is 8.10. The van der Waals surface area contributed by atoms with Crippen LogP contribution >= 0.6 is 0 Å². The standard InChI is InChI=1S/C18H18FN5O2/c1-13-4-2-7-16(10-13)26-9-8-20-17(25)12-24-22-18(21-23-24)14-5-3-6-15(19)11-14/h2-7,10-11H,8-9,12H2,1H3,(H,20,25). The molecule has 8 heteroatoms. The number of nitrogens with one attached hydrogen (secondary N) is 1. The van der Waals surface area contributed by atoms with Crippen molar-refractivity contribution in [2.24, 2.45) is 0 Å². The SMILES string of the molecule is Cc1cccc(OCCNC(=O)Cn2nnc(-c3cccc(F)c3)n2)c1. The molecule has 0 unspecified atom stereocenters. The maximum Gasteiger partial charge on any atom is 0.243 e. The smallest absolute Gasteiger partial charge is 0.243 e. The first-order chi connectivity index (χ1) is 12.6. The van der Waals surface area contributed by atoms with E-state index in [1.807, 2.05) is 31.2 Å². The highest BCUT2D eigenvalue weighted by Crippen LogP contribution is 2.14. The highest BCUT2D eigenvalue weighted by molar-refractivity contribution is 5.75. The van der Waals surface area contributed by atoms with Gasteiger partial charge < -0.3 is 10.1 Å². The number of carbonyl (C=O) groups is 1. The molecule has 0 aliphatic carbocycles. The predicted octanol–water partition coefficient (Wildman–Crippen LogP) is 1.98. The van der Waals surface area contributed by atoms with Gasteiger partial charge in [-0.2, -0.15) is 4.80 Å². The van der Waals surface area contributed by atoms with Crippen molar-refractivity contribution in [2.45, 2.75) is 13.5 Å². The van der Waals surface area contributed by atoms with E-state index in [0.29, 0.717) is 18.7 Å². The Bertz CT molecular complexity index is 897. The fourth-order valence-electron chi connectivity index (χ4n) is 2.30. The molecule has 0 fully saturated rings. The van der Waals surface area contributed by atoms with Crippen LogP contribution in [0.5, 0.6) is 5.75 Å². The molecule has 3 rings (SSSR count). The van der Waals surface area contributed by atoms with Crippen molar-refractivity contribution in [2.75, 3.05) is 13.2 Å². The zero-order valence-corrected chi connectivity index (χ0v) is 14.2. The fourth-order valence-corrected chi connectivity index (χ4v) is 2.30. The monoisotopic (exact) mass is 355 g/mol. The number of tetrazole rings is 1. The molecule has 3 aromatic rings. The number of carbonyl (C=O) groups excluding carboxylic acids is 1. The molecule has 0 spiro atoms. The van der Waals surface area contributed by atoms with Gasteiger partial charge in [0.1, 0.15) is 24.7 Å². The summed E-state index contributed by atoms with van der Waals surface area (Å²) >= 11 is 0. The second kappa shape index (κ2) is 8.19. The lowest BCUT2D eigenvalue weighted by Gasteiger charge is -2.08. The molecule has 0 aliphatic rings. The molecule has 2 aromatic carbocycles. The highest BCUT2D eigenvalue weighted by atomic mass is 19.1. The van der Waals surface area contributed by atoms with Gasteiger partial charge in [-0.15, -0.1) is 10.2 Å². The van der Waals surface area contributed by atoms with Crippen LogP contribution in [0.25, 0.3) is 11.4 Å². The van der Waals surface area contributed by atoms with E-state index in [1.165, 1.54) is 12.1 Å². The van der Waals surface area contributed by atoms with Gasteiger partial charge >= 0.3 is 0 Å². The third-order valence-electron chi connectivity index (χ3n) is 3.50. The Kier molecular flexibility index (Phi) is 5.52. The van der Waals surface area contributed by atoms with Gasteiger partial charge in [0.05, 0.1) is 6.54 Å². The van der Waals surface area contributed by atoms with Gasteiger partial charge in [0.25, 0.3) is 0 Å². The number of benzene rings is 2. The van der Waals surface area contributed by atoms with E-state index in [2.05, 4.69) is 20.7 Å². The van der Waals surface area contributed by atoms with Gasteiger partial charge in [0.2, 0.25) is 11.7 Å². The van der Waals surface area contributed by atoms with Crippen LogP contribution in [-0.4, -0.2) is 39.3 Å². The number of amides is 1. The molecule has 1 N–H and O–H groups in total. The zero-order valence-electron chi connectivity index (χ0n) is 14.2. The van der Waals surface area contributed by atoms with Crippen molar-refractivity contribution >= 4 is 5.91 Å². The van der Waals surface area contributed by atoms with Crippen LogP contribution < -0.4 is 10.1 Å². The van der Waals surface area contributed by atoms with Crippen molar-refractivity contribution in [3.8, 4) is 17.1 Å². The van der Waals surface area contributed by atoms with Crippen LogP contribution in [0.3, 0.4) is 0 Å². The normalized spacial score (nSPS) is 10.5. The summed E-state index contributed by atoms with van der Waals surface area (Å²) in [6.45, 7) is 2.62. The van der Waals surface area contributed by atoms with Crippen molar-refractivity contribution < 1.29 is 13.9 Å². The molecule has 0 radical (unpaired) electrons. The Morgan fingerprint density at radius 3 is 2.88 bits per heavy atom. The molecule has 1 aromatic heterocycles. The Balaban J connectivity index is 1.45. The zero-order chi connectivity index (χ0) is 18.4. The third-order valence-corrected chi connectivity index (χ3v) is 3.50. The molecule has 7 nitrogen and oxygen atoms in total. The molecule has 1 amide bonds. The van der Waals surface area contributed by atoms with Crippen LogP contribution in [0.4, 0.5) is 4.39 Å². The minimum atomic E-state index is -0.384. The maximum absolute atomic E-state index is 13.2. The minimum absolute atomic E-state index is 0.0766. The third kappa shape index (κ3) is 4.85. The first-order valence-electron chi connectivity index (χ1n) is 8.10. The Labute approximate surface area is 149 Å². The lowest BCUT2D eigenvalue weighted by atomic mass is 10.2. The van der Waals surface area contributed by atoms with Gasteiger partial charge in [0.15, 0.2) is 0 Å². The molecule has 1 heterocycles. The van der Waals surface area contributed by atoms with Gasteiger partial charge in [-0.05, 0) is 42.0 Å². The predicted molar refractivity (Wildman–Crippen MR) is 92.9 cm³/mol. The van der Waals surface area contributed by atoms with Gasteiger partial charge in [-0.1, -0.05) is 24.3 Å². The number of hydrogen-bond donors (Lipinski definition) is 1. The molecule has 0 bridgehead atoms. The van der Waals surface area contributed by atoms with E-state index in [-0.39, 0.29) is 24.1 Å². The highest BCUT2D eigenvalue weighted by Gasteiger charge is 2.09. The van der Waals surface area contributed by atoms with Crippen LogP contribution in [0.1, 0.15) is 5.56 Å². The molecule has 0 saturated carbocycles. The second-order valence-electron chi connectivity index (χ2n) is 5.67. The van der Waals surface area contributed by atoms with E-state index in [4.69, 9.17) is 4.74 Å². The molecular formula is C18H18FN5O2. The molecule has 0 atom stereocenters. The minimum Gasteiger partial charge on any atom is -0.492 e. The van der Waals surface area contributed by atoms with Gasteiger partial charge in [-0.25, -0.2) is 4.39 Å². The molecule has 26 heavy (non-hydrogen) atoms. The number of halogens is 1. The molecule has 0 saturated heterocycles. The lowest BCUT2D eigenvalue weighted by molar-refractivity contribution is -0.122. The Morgan fingerprint density at radius 2 is 2.08 bits per heavy atom. The topological polar surface area (TPSA) is 81.9 Å². The van der Waals surface area contributed by atoms with Crippen molar-refractivity contribution in [3.05, 3.63) is 59.9 Å². The average molecular weight is 355 g/mol. The van der Waals surface area contributed by atoms with Crippen LogP contribution in [0, 0.1) is 12.7 Å². The number of rotatable bonds is 7. The lowest BCUT2D eigenvalue weighted by Crippen LogP contribution is -2.31. The first kappa shape index (κ1) is 17.5. The van der Waals surface area contributed by atoms with Crippen molar-refractivity contribution in [1.29, 1.82) is 0 Å².